The summed E-state index contributed by atoms with van der Waals surface area (Å²) in [5, 5.41) is 9.96. The van der Waals surface area contributed by atoms with Crippen molar-refractivity contribution in [2.45, 2.75) is 25.9 Å². The number of carbonyl (C=O) groups is 1. The highest BCUT2D eigenvalue weighted by atomic mass is 35.5. The Balaban J connectivity index is 1.46. The van der Waals surface area contributed by atoms with Gasteiger partial charge in [0.15, 0.2) is 11.5 Å². The van der Waals surface area contributed by atoms with Gasteiger partial charge in [-0.15, -0.1) is 0 Å². The number of benzene rings is 2. The van der Waals surface area contributed by atoms with Gasteiger partial charge in [-0.1, -0.05) is 48.0 Å². The Morgan fingerprint density at radius 2 is 1.97 bits per heavy atom. The summed E-state index contributed by atoms with van der Waals surface area (Å²) in [4.78, 5) is 26.6. The van der Waals surface area contributed by atoms with E-state index in [2.05, 4.69) is 17.1 Å². The molecule has 8 heteroatoms. The largest absolute Gasteiger partial charge is 0.506 e. The number of anilines is 1. The van der Waals surface area contributed by atoms with E-state index in [-0.39, 0.29) is 22.7 Å². The maximum atomic E-state index is 13.3. The normalized spacial score (nSPS) is 17.5. The third-order valence-electron chi connectivity index (χ3n) is 5.69. The molecule has 3 aromatic rings. The number of hydrogen-bond acceptors (Lipinski definition) is 5. The molecular weight excluding hydrogens is 414 g/mol. The molecule has 3 heterocycles. The third-order valence-corrected chi connectivity index (χ3v) is 5.99. The lowest BCUT2D eigenvalue weighted by Gasteiger charge is -2.33. The molecule has 1 aromatic heterocycles. The summed E-state index contributed by atoms with van der Waals surface area (Å²) in [5.41, 5.74) is 2.65. The number of aromatic hydroxyl groups is 1. The Labute approximate surface area is 185 Å². The average Bonchev–Trinajstić information content (AvgIpc) is 3.36. The van der Waals surface area contributed by atoms with E-state index in [9.17, 15) is 9.90 Å². The molecule has 0 radical (unpaired) electrons. The molecule has 0 unspecified atom stereocenters. The van der Waals surface area contributed by atoms with Crippen molar-refractivity contribution >= 4 is 29.3 Å². The Morgan fingerprint density at radius 1 is 1.16 bits per heavy atom. The first-order valence-corrected chi connectivity index (χ1v) is 10.7. The van der Waals surface area contributed by atoms with Crippen LogP contribution in [0.3, 0.4) is 0 Å². The van der Waals surface area contributed by atoms with Crippen molar-refractivity contribution in [3.63, 3.8) is 0 Å². The minimum Gasteiger partial charge on any atom is -0.506 e. The topological polar surface area (TPSA) is 74.0 Å². The van der Waals surface area contributed by atoms with E-state index < -0.39 is 0 Å². The van der Waals surface area contributed by atoms with Crippen LogP contribution in [-0.2, 0) is 13.0 Å². The zero-order valence-corrected chi connectivity index (χ0v) is 17.8. The van der Waals surface area contributed by atoms with Gasteiger partial charge in [0.05, 0.1) is 23.9 Å². The molecule has 0 fully saturated rings. The van der Waals surface area contributed by atoms with Crippen molar-refractivity contribution in [1.82, 2.24) is 14.5 Å². The van der Waals surface area contributed by atoms with Crippen molar-refractivity contribution in [2.24, 2.45) is 4.99 Å². The van der Waals surface area contributed by atoms with Gasteiger partial charge in [-0.2, -0.15) is 0 Å². The minimum atomic E-state index is -0.102. The summed E-state index contributed by atoms with van der Waals surface area (Å²) in [6.07, 6.45) is 2.50. The van der Waals surface area contributed by atoms with Gasteiger partial charge in [-0.25, -0.2) is 9.98 Å². The molecular formula is C23H22ClN5O2. The monoisotopic (exact) mass is 435 g/mol. The van der Waals surface area contributed by atoms with Crippen LogP contribution in [0.1, 0.15) is 28.5 Å². The number of hydrogen-bond donors (Lipinski definition) is 1. The zero-order chi connectivity index (χ0) is 21.5. The zero-order valence-electron chi connectivity index (χ0n) is 17.1. The van der Waals surface area contributed by atoms with Crippen LogP contribution in [-0.4, -0.2) is 50.6 Å². The lowest BCUT2D eigenvalue weighted by atomic mass is 10.1. The van der Waals surface area contributed by atoms with Crippen molar-refractivity contribution in [1.29, 1.82) is 0 Å². The Bertz CT molecular complexity index is 1170. The molecule has 1 atom stereocenters. The van der Waals surface area contributed by atoms with Gasteiger partial charge in [0.25, 0.3) is 5.91 Å². The van der Waals surface area contributed by atoms with Gasteiger partial charge in [0.2, 0.25) is 5.96 Å². The number of halogens is 1. The van der Waals surface area contributed by atoms with Crippen molar-refractivity contribution < 1.29 is 9.90 Å². The molecule has 2 aromatic carbocycles. The van der Waals surface area contributed by atoms with Gasteiger partial charge in [-0.05, 0) is 36.6 Å². The van der Waals surface area contributed by atoms with E-state index in [0.717, 1.165) is 12.0 Å². The second-order valence-corrected chi connectivity index (χ2v) is 8.17. The molecule has 2 aliphatic heterocycles. The van der Waals surface area contributed by atoms with Crippen LogP contribution in [0.25, 0.3) is 0 Å². The number of aromatic nitrogens is 2. The number of carbonyl (C=O) groups excluding carboxylic acids is 1. The van der Waals surface area contributed by atoms with E-state index in [1.165, 1.54) is 5.56 Å². The number of nitrogens with zero attached hydrogens (tertiary/aromatic N) is 5. The summed E-state index contributed by atoms with van der Waals surface area (Å²) in [6.45, 7) is 3.60. The lowest BCUT2D eigenvalue weighted by Crippen LogP contribution is -2.50. The standard InChI is InChI=1S/C23H22ClN5O2/c1-2-28-22(31)20-21(25-14-27(20)12-16-8-9-19(30)18(24)11-16)29-13-17(26-23(28)29)10-15-6-4-3-5-7-15/h3-9,11,14,17,30H,2,10,12-13H2,1H3/t17-/m1/s1. The number of phenols is 1. The second-order valence-electron chi connectivity index (χ2n) is 7.76. The molecule has 0 bridgehead atoms. The van der Waals surface area contributed by atoms with Crippen LogP contribution in [0.15, 0.2) is 59.9 Å². The molecule has 158 valence electrons. The molecule has 31 heavy (non-hydrogen) atoms. The number of fused-ring (bicyclic) bond motifs is 3. The van der Waals surface area contributed by atoms with E-state index >= 15 is 0 Å². The smallest absolute Gasteiger partial charge is 0.281 e. The SMILES string of the molecule is CCN1C(=O)c2c(ncn2Cc2ccc(O)c(Cl)c2)N2C[C@@H](Cc3ccccc3)N=C12. The molecule has 2 aliphatic rings. The molecule has 0 saturated carbocycles. The third kappa shape index (κ3) is 3.45. The molecule has 5 rings (SSSR count). The molecule has 0 saturated heterocycles. The number of phenolic OH excluding ortho intramolecular Hbond substituents is 1. The van der Waals surface area contributed by atoms with Crippen LogP contribution < -0.4 is 4.90 Å². The number of amides is 1. The minimum absolute atomic E-state index is 0.0358. The Hall–Kier alpha value is -3.32. The van der Waals surface area contributed by atoms with Gasteiger partial charge in [-0.3, -0.25) is 14.6 Å². The van der Waals surface area contributed by atoms with Crippen molar-refractivity contribution in [3.8, 4) is 5.75 Å². The summed E-state index contributed by atoms with van der Waals surface area (Å²) in [7, 11) is 0. The predicted octanol–water partition coefficient (Wildman–Crippen LogP) is 3.55. The first-order valence-electron chi connectivity index (χ1n) is 10.3. The summed E-state index contributed by atoms with van der Waals surface area (Å²) in [6, 6.07) is 15.4. The van der Waals surface area contributed by atoms with Crippen molar-refractivity contribution in [2.75, 3.05) is 18.0 Å². The fourth-order valence-electron chi connectivity index (χ4n) is 4.22. The van der Waals surface area contributed by atoms with E-state index in [1.807, 2.05) is 34.6 Å². The van der Waals surface area contributed by atoms with Crippen molar-refractivity contribution in [3.05, 3.63) is 76.7 Å². The quantitative estimate of drug-likeness (QED) is 0.665. The maximum Gasteiger partial charge on any atom is 0.281 e. The highest BCUT2D eigenvalue weighted by molar-refractivity contribution is 6.32. The molecule has 1 amide bonds. The summed E-state index contributed by atoms with van der Waals surface area (Å²) < 4.78 is 1.84. The van der Waals surface area contributed by atoms with Crippen LogP contribution in [0, 0.1) is 0 Å². The number of aliphatic imine (C=N–C) groups is 1. The summed E-state index contributed by atoms with van der Waals surface area (Å²) in [5.74, 6) is 1.26. The van der Waals surface area contributed by atoms with Crippen LogP contribution in [0.5, 0.6) is 5.75 Å². The van der Waals surface area contributed by atoms with E-state index in [4.69, 9.17) is 16.6 Å². The van der Waals surface area contributed by atoms with Gasteiger partial charge in [0, 0.05) is 13.1 Å². The van der Waals surface area contributed by atoms with Crippen LogP contribution in [0.2, 0.25) is 5.02 Å². The van der Waals surface area contributed by atoms with Gasteiger partial charge >= 0.3 is 0 Å². The lowest BCUT2D eigenvalue weighted by molar-refractivity contribution is 0.0836. The van der Waals surface area contributed by atoms with E-state index in [1.54, 1.807) is 29.4 Å². The second kappa shape index (κ2) is 7.74. The van der Waals surface area contributed by atoms with Crippen LogP contribution in [0.4, 0.5) is 5.82 Å². The highest BCUT2D eigenvalue weighted by Crippen LogP contribution is 2.32. The molecule has 0 aliphatic carbocycles. The molecule has 0 spiro atoms. The van der Waals surface area contributed by atoms with Crippen LogP contribution >= 0.6 is 11.6 Å². The highest BCUT2D eigenvalue weighted by Gasteiger charge is 2.42. The fraction of sp³-hybridized carbons (Fsp3) is 0.261. The number of imidazole rings is 1. The summed E-state index contributed by atoms with van der Waals surface area (Å²) >= 11 is 6.05. The predicted molar refractivity (Wildman–Crippen MR) is 120 cm³/mol. The Morgan fingerprint density at radius 3 is 2.71 bits per heavy atom. The molecule has 7 nitrogen and oxygen atoms in total. The average molecular weight is 436 g/mol. The van der Waals surface area contributed by atoms with Gasteiger partial charge < -0.3 is 9.67 Å². The Kier molecular flexibility index (Phi) is 4.90. The number of guanidine groups is 1. The molecule has 1 N–H and O–H groups in total. The maximum absolute atomic E-state index is 13.3. The van der Waals surface area contributed by atoms with E-state index in [0.29, 0.717) is 37.1 Å². The first kappa shape index (κ1) is 19.6. The van der Waals surface area contributed by atoms with Gasteiger partial charge in [0.1, 0.15) is 5.75 Å². The fourth-order valence-corrected chi connectivity index (χ4v) is 4.42. The first-order chi connectivity index (χ1) is 15.0. The number of rotatable bonds is 5.